The Morgan fingerprint density at radius 2 is 1.67 bits per heavy atom. The predicted octanol–water partition coefficient (Wildman–Crippen LogP) is 3.52. The van der Waals surface area contributed by atoms with Gasteiger partial charge in [-0.05, 0) is 71.8 Å². The number of rotatable bonds is 7. The minimum atomic E-state index is 0.142. The van der Waals surface area contributed by atoms with Crippen LogP contribution in [-0.2, 0) is 6.54 Å². The Morgan fingerprint density at radius 3 is 2.14 bits per heavy atom. The van der Waals surface area contributed by atoms with Gasteiger partial charge < -0.3 is 15.0 Å². The summed E-state index contributed by atoms with van der Waals surface area (Å²) in [5.41, 5.74) is 3.92. The van der Waals surface area contributed by atoms with Crippen LogP contribution in [-0.4, -0.2) is 37.7 Å². The first-order chi connectivity index (χ1) is 9.69. The first-order valence-electron chi connectivity index (χ1n) is 7.82. The quantitative estimate of drug-likeness (QED) is 0.778. The molecule has 120 valence electrons. The van der Waals surface area contributed by atoms with Gasteiger partial charge in [0.15, 0.2) is 0 Å². The summed E-state index contributed by atoms with van der Waals surface area (Å²) in [6.07, 6.45) is 1.05. The van der Waals surface area contributed by atoms with Gasteiger partial charge >= 0.3 is 0 Å². The molecule has 0 aliphatic carbocycles. The van der Waals surface area contributed by atoms with Crippen LogP contribution in [0.15, 0.2) is 12.1 Å². The lowest BCUT2D eigenvalue weighted by molar-refractivity contribution is 0.278. The molecule has 1 aromatic carbocycles. The molecule has 0 saturated carbocycles. The van der Waals surface area contributed by atoms with Crippen LogP contribution in [0.3, 0.4) is 0 Å². The van der Waals surface area contributed by atoms with Crippen LogP contribution in [0, 0.1) is 13.8 Å². The van der Waals surface area contributed by atoms with E-state index in [1.54, 1.807) is 0 Å². The summed E-state index contributed by atoms with van der Waals surface area (Å²) in [6, 6.07) is 4.46. The third kappa shape index (κ3) is 6.96. The Labute approximate surface area is 130 Å². The van der Waals surface area contributed by atoms with Crippen molar-refractivity contribution in [3.8, 4) is 5.75 Å². The number of nitrogens with one attached hydrogen (secondary N) is 1. The van der Waals surface area contributed by atoms with Gasteiger partial charge in [-0.3, -0.25) is 0 Å². The zero-order valence-electron chi connectivity index (χ0n) is 14.8. The molecule has 1 aromatic rings. The molecular weight excluding hydrogens is 260 g/mol. The van der Waals surface area contributed by atoms with E-state index in [9.17, 15) is 0 Å². The fourth-order valence-electron chi connectivity index (χ4n) is 2.29. The molecule has 0 aromatic heterocycles. The normalized spacial score (nSPS) is 12.0. The number of nitrogens with zero attached hydrogens (tertiary/aromatic N) is 1. The summed E-state index contributed by atoms with van der Waals surface area (Å²) in [6.45, 7) is 13.6. The lowest BCUT2D eigenvalue weighted by atomic mass is 10.0. The van der Waals surface area contributed by atoms with Crippen molar-refractivity contribution in [1.82, 2.24) is 10.2 Å². The van der Waals surface area contributed by atoms with E-state index in [0.717, 1.165) is 31.9 Å². The molecule has 0 aliphatic heterocycles. The summed E-state index contributed by atoms with van der Waals surface area (Å²) in [4.78, 5) is 2.18. The Morgan fingerprint density at radius 1 is 1.10 bits per heavy atom. The van der Waals surface area contributed by atoms with Crippen molar-refractivity contribution in [3.05, 3.63) is 28.8 Å². The molecule has 1 N–H and O–H groups in total. The zero-order valence-corrected chi connectivity index (χ0v) is 14.8. The monoisotopic (exact) mass is 292 g/mol. The van der Waals surface area contributed by atoms with E-state index < -0.39 is 0 Å². The van der Waals surface area contributed by atoms with Crippen molar-refractivity contribution in [1.29, 1.82) is 0 Å². The number of ether oxygens (including phenoxy) is 1. The molecule has 0 unspecified atom stereocenters. The lowest BCUT2D eigenvalue weighted by Gasteiger charge is -2.21. The summed E-state index contributed by atoms with van der Waals surface area (Å²) in [5.74, 6) is 1.05. The van der Waals surface area contributed by atoms with Crippen molar-refractivity contribution in [2.45, 2.75) is 53.1 Å². The fraction of sp³-hybridized carbons (Fsp3) is 0.667. The third-order valence-corrected chi connectivity index (χ3v) is 3.34. The molecular formula is C18H32N2O. The van der Waals surface area contributed by atoms with Gasteiger partial charge in [-0.1, -0.05) is 12.1 Å². The highest BCUT2D eigenvalue weighted by Crippen LogP contribution is 2.25. The topological polar surface area (TPSA) is 24.5 Å². The first-order valence-corrected chi connectivity index (χ1v) is 7.82. The van der Waals surface area contributed by atoms with E-state index in [-0.39, 0.29) is 5.54 Å². The molecule has 0 spiro atoms. The number of aryl methyl sites for hydroxylation is 2. The number of hydrogen-bond acceptors (Lipinski definition) is 3. The molecule has 3 heteroatoms. The van der Waals surface area contributed by atoms with Crippen molar-refractivity contribution < 1.29 is 4.74 Å². The smallest absolute Gasteiger partial charge is 0.125 e. The number of hydrogen-bond donors (Lipinski definition) is 1. The standard InChI is InChI=1S/C18H32N2O/c1-14-11-16(13-19-18(3,4)5)12-15(2)17(14)21-10-8-9-20(6)7/h11-12,19H,8-10,13H2,1-7H3. The largest absolute Gasteiger partial charge is 0.493 e. The van der Waals surface area contributed by atoms with E-state index in [4.69, 9.17) is 4.74 Å². The van der Waals surface area contributed by atoms with Crippen LogP contribution in [0.25, 0.3) is 0 Å². The molecule has 0 bridgehead atoms. The molecule has 0 atom stereocenters. The SMILES string of the molecule is Cc1cc(CNC(C)(C)C)cc(C)c1OCCCN(C)C. The van der Waals surface area contributed by atoms with Gasteiger partial charge in [0, 0.05) is 18.6 Å². The molecule has 0 heterocycles. The van der Waals surface area contributed by atoms with Crippen molar-refractivity contribution >= 4 is 0 Å². The van der Waals surface area contributed by atoms with Gasteiger partial charge in [-0.2, -0.15) is 0 Å². The Bertz CT molecular complexity index is 424. The summed E-state index contributed by atoms with van der Waals surface area (Å²) in [7, 11) is 4.18. The van der Waals surface area contributed by atoms with E-state index in [1.807, 2.05) is 0 Å². The van der Waals surface area contributed by atoms with Crippen LogP contribution in [0.4, 0.5) is 0 Å². The Balaban J connectivity index is 2.63. The van der Waals surface area contributed by atoms with Gasteiger partial charge in [0.05, 0.1) is 6.61 Å². The summed E-state index contributed by atoms with van der Waals surface area (Å²) >= 11 is 0. The molecule has 21 heavy (non-hydrogen) atoms. The van der Waals surface area contributed by atoms with Crippen molar-refractivity contribution in [2.24, 2.45) is 0 Å². The number of benzene rings is 1. The Hall–Kier alpha value is -1.06. The lowest BCUT2D eigenvalue weighted by Crippen LogP contribution is -2.35. The van der Waals surface area contributed by atoms with Crippen LogP contribution in [0.1, 0.15) is 43.9 Å². The van der Waals surface area contributed by atoms with Crippen molar-refractivity contribution in [3.63, 3.8) is 0 Å². The molecule has 0 saturated heterocycles. The molecule has 0 aliphatic rings. The van der Waals surface area contributed by atoms with Gasteiger partial charge in [-0.15, -0.1) is 0 Å². The molecule has 0 fully saturated rings. The predicted molar refractivity (Wildman–Crippen MR) is 91.2 cm³/mol. The summed E-state index contributed by atoms with van der Waals surface area (Å²) < 4.78 is 5.97. The van der Waals surface area contributed by atoms with Crippen LogP contribution in [0.5, 0.6) is 5.75 Å². The van der Waals surface area contributed by atoms with E-state index in [0.29, 0.717) is 0 Å². The molecule has 0 amide bonds. The maximum absolute atomic E-state index is 5.97. The Kier molecular flexibility index (Phi) is 6.69. The highest BCUT2D eigenvalue weighted by molar-refractivity contribution is 5.43. The first kappa shape index (κ1) is 18.0. The van der Waals surface area contributed by atoms with Crippen LogP contribution < -0.4 is 10.1 Å². The van der Waals surface area contributed by atoms with Gasteiger partial charge in [0.2, 0.25) is 0 Å². The molecule has 1 rings (SSSR count). The second kappa shape index (κ2) is 7.81. The van der Waals surface area contributed by atoms with Crippen LogP contribution >= 0.6 is 0 Å². The van der Waals surface area contributed by atoms with E-state index >= 15 is 0 Å². The second-order valence-electron chi connectivity index (χ2n) is 7.17. The fourth-order valence-corrected chi connectivity index (χ4v) is 2.29. The van der Waals surface area contributed by atoms with E-state index in [1.165, 1.54) is 16.7 Å². The third-order valence-electron chi connectivity index (χ3n) is 3.34. The van der Waals surface area contributed by atoms with Gasteiger partial charge in [-0.25, -0.2) is 0 Å². The van der Waals surface area contributed by atoms with E-state index in [2.05, 4.69) is 71.1 Å². The minimum Gasteiger partial charge on any atom is -0.493 e. The highest BCUT2D eigenvalue weighted by Gasteiger charge is 2.11. The van der Waals surface area contributed by atoms with Gasteiger partial charge in [0.1, 0.15) is 5.75 Å². The average molecular weight is 292 g/mol. The average Bonchev–Trinajstić information content (AvgIpc) is 2.33. The highest BCUT2D eigenvalue weighted by atomic mass is 16.5. The molecule has 0 radical (unpaired) electrons. The maximum atomic E-state index is 5.97. The van der Waals surface area contributed by atoms with Gasteiger partial charge in [0.25, 0.3) is 0 Å². The summed E-state index contributed by atoms with van der Waals surface area (Å²) in [5, 5.41) is 3.53. The zero-order chi connectivity index (χ0) is 16.0. The molecule has 3 nitrogen and oxygen atoms in total. The van der Waals surface area contributed by atoms with Crippen molar-refractivity contribution in [2.75, 3.05) is 27.2 Å². The maximum Gasteiger partial charge on any atom is 0.125 e. The minimum absolute atomic E-state index is 0.142. The second-order valence-corrected chi connectivity index (χ2v) is 7.17. The van der Waals surface area contributed by atoms with Crippen LogP contribution in [0.2, 0.25) is 0 Å².